The van der Waals surface area contributed by atoms with Crippen LogP contribution in [0.15, 0.2) is 48.5 Å². The first-order valence-corrected chi connectivity index (χ1v) is 9.28. The van der Waals surface area contributed by atoms with Gasteiger partial charge in [0.25, 0.3) is 0 Å². The van der Waals surface area contributed by atoms with Gasteiger partial charge in [-0.25, -0.2) is 0 Å². The van der Waals surface area contributed by atoms with Crippen molar-refractivity contribution in [2.75, 3.05) is 38.1 Å². The van der Waals surface area contributed by atoms with Crippen LogP contribution in [0.3, 0.4) is 0 Å². The lowest BCUT2D eigenvalue weighted by molar-refractivity contribution is 0.313. The maximum atomic E-state index is 4.55. The van der Waals surface area contributed by atoms with Gasteiger partial charge in [-0.1, -0.05) is 30.3 Å². The van der Waals surface area contributed by atoms with E-state index in [2.05, 4.69) is 89.4 Å². The fourth-order valence-electron chi connectivity index (χ4n) is 3.74. The van der Waals surface area contributed by atoms with E-state index in [9.17, 15) is 0 Å². The Kier molecular flexibility index (Phi) is 4.51. The van der Waals surface area contributed by atoms with Crippen LogP contribution in [-0.2, 0) is 0 Å². The second kappa shape index (κ2) is 6.96. The molecule has 1 aliphatic rings. The molecule has 2 heterocycles. The van der Waals surface area contributed by atoms with E-state index in [0.29, 0.717) is 0 Å². The van der Waals surface area contributed by atoms with Crippen LogP contribution in [0.5, 0.6) is 0 Å². The molecule has 0 atom stereocenters. The number of likely N-dealkylation sites (N-methyl/N-ethyl adjacent to an activating group) is 1. The summed E-state index contributed by atoms with van der Waals surface area (Å²) in [5.74, 6) is 0. The number of rotatable bonds is 3. The zero-order chi connectivity index (χ0) is 18.1. The molecule has 0 aliphatic carbocycles. The highest BCUT2D eigenvalue weighted by Gasteiger charge is 2.15. The molecule has 0 amide bonds. The zero-order valence-corrected chi connectivity index (χ0v) is 15.8. The molecule has 4 nitrogen and oxygen atoms in total. The molecule has 1 saturated heterocycles. The van der Waals surface area contributed by atoms with E-state index in [0.717, 1.165) is 43.1 Å². The van der Waals surface area contributed by atoms with Crippen molar-refractivity contribution in [1.82, 2.24) is 15.1 Å². The van der Waals surface area contributed by atoms with E-state index in [-0.39, 0.29) is 0 Å². The second-order valence-electron chi connectivity index (χ2n) is 7.27. The average Bonchev–Trinajstić information content (AvgIpc) is 3.12. The standard InChI is InChI=1S/C22H26N4/c1-16-5-4-6-17(2)22(16)21-15-20(23-24-21)18-7-9-19(10-8-18)26-13-11-25(3)12-14-26/h4-10,15H,11-14H2,1-3H3,(H,23,24). The summed E-state index contributed by atoms with van der Waals surface area (Å²) < 4.78 is 0. The molecule has 1 fully saturated rings. The van der Waals surface area contributed by atoms with Gasteiger partial charge in [0.2, 0.25) is 0 Å². The number of nitrogens with zero attached hydrogens (tertiary/aromatic N) is 3. The Labute approximate surface area is 155 Å². The van der Waals surface area contributed by atoms with E-state index in [1.165, 1.54) is 22.4 Å². The third-order valence-corrected chi connectivity index (χ3v) is 5.36. The van der Waals surface area contributed by atoms with E-state index in [1.54, 1.807) is 0 Å². The predicted molar refractivity (Wildman–Crippen MR) is 109 cm³/mol. The second-order valence-corrected chi connectivity index (χ2v) is 7.27. The van der Waals surface area contributed by atoms with Gasteiger partial charge in [0.05, 0.1) is 11.4 Å². The summed E-state index contributed by atoms with van der Waals surface area (Å²) >= 11 is 0. The van der Waals surface area contributed by atoms with Gasteiger partial charge >= 0.3 is 0 Å². The minimum atomic E-state index is 0.993. The molecule has 0 saturated carbocycles. The van der Waals surface area contributed by atoms with Crippen molar-refractivity contribution in [3.8, 4) is 22.5 Å². The Morgan fingerprint density at radius 2 is 1.54 bits per heavy atom. The lowest BCUT2D eigenvalue weighted by Gasteiger charge is -2.34. The normalized spacial score (nSPS) is 15.4. The quantitative estimate of drug-likeness (QED) is 0.775. The van der Waals surface area contributed by atoms with Gasteiger partial charge in [-0.2, -0.15) is 5.10 Å². The molecule has 3 aromatic rings. The minimum absolute atomic E-state index is 0.993. The van der Waals surface area contributed by atoms with Crippen LogP contribution in [0.25, 0.3) is 22.5 Å². The third kappa shape index (κ3) is 3.25. The van der Waals surface area contributed by atoms with Gasteiger partial charge in [0, 0.05) is 43.0 Å². The van der Waals surface area contributed by atoms with Crippen molar-refractivity contribution in [3.05, 3.63) is 59.7 Å². The number of hydrogen-bond acceptors (Lipinski definition) is 3. The lowest BCUT2D eigenvalue weighted by Crippen LogP contribution is -2.44. The first kappa shape index (κ1) is 16.9. The number of benzene rings is 2. The number of aryl methyl sites for hydroxylation is 2. The summed E-state index contributed by atoms with van der Waals surface area (Å²) in [6.07, 6.45) is 0. The molecule has 134 valence electrons. The van der Waals surface area contributed by atoms with Crippen LogP contribution in [0, 0.1) is 13.8 Å². The third-order valence-electron chi connectivity index (χ3n) is 5.36. The van der Waals surface area contributed by atoms with Crippen molar-refractivity contribution < 1.29 is 0 Å². The average molecular weight is 346 g/mol. The van der Waals surface area contributed by atoms with Crippen LogP contribution in [0.1, 0.15) is 11.1 Å². The van der Waals surface area contributed by atoms with Gasteiger partial charge in [0.1, 0.15) is 0 Å². The zero-order valence-electron chi connectivity index (χ0n) is 15.8. The summed E-state index contributed by atoms with van der Waals surface area (Å²) in [7, 11) is 2.19. The summed E-state index contributed by atoms with van der Waals surface area (Å²) in [6.45, 7) is 8.73. The number of piperazine rings is 1. The van der Waals surface area contributed by atoms with Gasteiger partial charge in [-0.3, -0.25) is 5.10 Å². The summed E-state index contributed by atoms with van der Waals surface area (Å²) in [5.41, 5.74) is 8.31. The van der Waals surface area contributed by atoms with Crippen LogP contribution in [0.2, 0.25) is 0 Å². The fourth-order valence-corrected chi connectivity index (χ4v) is 3.74. The maximum Gasteiger partial charge on any atom is 0.0927 e. The molecule has 0 spiro atoms. The lowest BCUT2D eigenvalue weighted by atomic mass is 9.99. The maximum absolute atomic E-state index is 4.55. The van der Waals surface area contributed by atoms with Gasteiger partial charge in [0.15, 0.2) is 0 Å². The molecule has 0 bridgehead atoms. The Hall–Kier alpha value is -2.59. The van der Waals surface area contributed by atoms with E-state index in [1.807, 2.05) is 0 Å². The molecule has 26 heavy (non-hydrogen) atoms. The Morgan fingerprint density at radius 1 is 0.885 bits per heavy atom. The smallest absolute Gasteiger partial charge is 0.0927 e. The Balaban J connectivity index is 1.56. The van der Waals surface area contributed by atoms with E-state index >= 15 is 0 Å². The first-order valence-electron chi connectivity index (χ1n) is 9.28. The number of aromatic nitrogens is 2. The van der Waals surface area contributed by atoms with Crippen LogP contribution < -0.4 is 4.90 Å². The van der Waals surface area contributed by atoms with Crippen LogP contribution >= 0.6 is 0 Å². The molecule has 1 aliphatic heterocycles. The van der Waals surface area contributed by atoms with Crippen molar-refractivity contribution in [3.63, 3.8) is 0 Å². The topological polar surface area (TPSA) is 35.2 Å². The summed E-state index contributed by atoms with van der Waals surface area (Å²) in [6, 6.07) is 17.3. The summed E-state index contributed by atoms with van der Waals surface area (Å²) in [5, 5.41) is 7.77. The number of nitrogens with one attached hydrogen (secondary N) is 1. The van der Waals surface area contributed by atoms with Crippen molar-refractivity contribution in [2.24, 2.45) is 0 Å². The van der Waals surface area contributed by atoms with Crippen LogP contribution in [0.4, 0.5) is 5.69 Å². The van der Waals surface area contributed by atoms with Crippen LogP contribution in [-0.4, -0.2) is 48.3 Å². The highest BCUT2D eigenvalue weighted by molar-refractivity contribution is 5.73. The molecular weight excluding hydrogens is 320 g/mol. The Morgan fingerprint density at radius 3 is 2.19 bits per heavy atom. The molecule has 1 aromatic heterocycles. The van der Waals surface area contributed by atoms with E-state index in [4.69, 9.17) is 0 Å². The first-order chi connectivity index (χ1) is 12.6. The SMILES string of the molecule is Cc1cccc(C)c1-c1cc(-c2ccc(N3CCN(C)CC3)cc2)n[nH]1. The van der Waals surface area contributed by atoms with Gasteiger partial charge < -0.3 is 9.80 Å². The highest BCUT2D eigenvalue weighted by Crippen LogP contribution is 2.29. The minimum Gasteiger partial charge on any atom is -0.369 e. The van der Waals surface area contributed by atoms with Crippen molar-refractivity contribution >= 4 is 5.69 Å². The highest BCUT2D eigenvalue weighted by atomic mass is 15.2. The number of aromatic amines is 1. The monoisotopic (exact) mass is 346 g/mol. The molecule has 2 aromatic carbocycles. The molecule has 0 radical (unpaired) electrons. The fraction of sp³-hybridized carbons (Fsp3) is 0.318. The Bertz CT molecular complexity index is 867. The number of anilines is 1. The molecule has 1 N–H and O–H groups in total. The molecule has 4 rings (SSSR count). The summed E-state index contributed by atoms with van der Waals surface area (Å²) in [4.78, 5) is 4.83. The largest absolute Gasteiger partial charge is 0.369 e. The van der Waals surface area contributed by atoms with Crippen molar-refractivity contribution in [2.45, 2.75) is 13.8 Å². The molecule has 4 heteroatoms. The molecular formula is C22H26N4. The van der Waals surface area contributed by atoms with E-state index < -0.39 is 0 Å². The molecule has 0 unspecified atom stereocenters. The van der Waals surface area contributed by atoms with Gasteiger partial charge in [-0.05, 0) is 50.2 Å². The number of H-pyrrole nitrogens is 1. The predicted octanol–water partition coefficient (Wildman–Crippen LogP) is 4.11. The van der Waals surface area contributed by atoms with Gasteiger partial charge in [-0.15, -0.1) is 0 Å². The van der Waals surface area contributed by atoms with Crippen molar-refractivity contribution in [1.29, 1.82) is 0 Å². The number of hydrogen-bond donors (Lipinski definition) is 1.